The molecule has 0 radical (unpaired) electrons. The molecular weight excluding hydrogens is 311 g/mol. The lowest BCUT2D eigenvalue weighted by atomic mass is 10.2. The lowest BCUT2D eigenvalue weighted by Crippen LogP contribution is -2.15. The molecule has 0 aliphatic heterocycles. The molecule has 116 valence electrons. The van der Waals surface area contributed by atoms with E-state index < -0.39 is 41.3 Å². The highest BCUT2D eigenvalue weighted by molar-refractivity contribution is 5.92. The highest BCUT2D eigenvalue weighted by Gasteiger charge is 2.24. The maximum atomic E-state index is 13.9. The van der Waals surface area contributed by atoms with Gasteiger partial charge in [-0.05, 0) is 24.3 Å². The van der Waals surface area contributed by atoms with E-state index in [9.17, 15) is 26.7 Å². The summed E-state index contributed by atoms with van der Waals surface area (Å²) >= 11 is 0. The molecule has 2 aromatic carbocycles. The lowest BCUT2D eigenvalue weighted by Gasteiger charge is -2.10. The standard InChI is InChI=1S/C14H7F5O3/c15-7-2-1-3-8(6-7)21-13(20)11-9(16)4-5-10(12(11)17)22-14(18)19/h1-6,14H. The predicted molar refractivity (Wildman–Crippen MR) is 64.3 cm³/mol. The molecule has 2 aromatic rings. The van der Waals surface area contributed by atoms with Gasteiger partial charge in [-0.15, -0.1) is 0 Å². The summed E-state index contributed by atoms with van der Waals surface area (Å²) in [6.07, 6.45) is 0. The Balaban J connectivity index is 2.32. The molecule has 0 aliphatic rings. The van der Waals surface area contributed by atoms with Gasteiger partial charge in [-0.3, -0.25) is 0 Å². The molecule has 0 atom stereocenters. The fourth-order valence-electron chi connectivity index (χ4n) is 1.60. The molecule has 0 saturated heterocycles. The fourth-order valence-corrected chi connectivity index (χ4v) is 1.60. The van der Waals surface area contributed by atoms with Crippen molar-refractivity contribution in [2.45, 2.75) is 6.61 Å². The van der Waals surface area contributed by atoms with E-state index in [-0.39, 0.29) is 5.75 Å². The van der Waals surface area contributed by atoms with Gasteiger partial charge in [0.25, 0.3) is 0 Å². The number of hydrogen-bond acceptors (Lipinski definition) is 3. The van der Waals surface area contributed by atoms with Crippen LogP contribution in [0.5, 0.6) is 11.5 Å². The number of ether oxygens (including phenoxy) is 2. The van der Waals surface area contributed by atoms with Crippen LogP contribution in [0.15, 0.2) is 36.4 Å². The van der Waals surface area contributed by atoms with Crippen molar-refractivity contribution < 1.29 is 36.2 Å². The van der Waals surface area contributed by atoms with Gasteiger partial charge in [0.2, 0.25) is 0 Å². The number of rotatable bonds is 4. The Kier molecular flexibility index (Phi) is 4.59. The third-order valence-corrected chi connectivity index (χ3v) is 2.48. The van der Waals surface area contributed by atoms with Crippen molar-refractivity contribution in [2.75, 3.05) is 0 Å². The summed E-state index contributed by atoms with van der Waals surface area (Å²) in [5, 5.41) is 0. The molecule has 0 bridgehead atoms. The van der Waals surface area contributed by atoms with Crippen LogP contribution in [0.1, 0.15) is 10.4 Å². The summed E-state index contributed by atoms with van der Waals surface area (Å²) in [6.45, 7) is -3.35. The van der Waals surface area contributed by atoms with Gasteiger partial charge in [0, 0.05) is 6.07 Å². The third kappa shape index (κ3) is 3.51. The van der Waals surface area contributed by atoms with Crippen LogP contribution in [-0.4, -0.2) is 12.6 Å². The second-order valence-corrected chi connectivity index (χ2v) is 3.96. The van der Waals surface area contributed by atoms with Crippen molar-refractivity contribution >= 4 is 5.97 Å². The Morgan fingerprint density at radius 1 is 1.05 bits per heavy atom. The van der Waals surface area contributed by atoms with Gasteiger partial charge in [-0.2, -0.15) is 8.78 Å². The van der Waals surface area contributed by atoms with Crippen molar-refractivity contribution in [3.8, 4) is 11.5 Å². The van der Waals surface area contributed by atoms with E-state index in [0.717, 1.165) is 12.1 Å². The Bertz CT molecular complexity index is 703. The van der Waals surface area contributed by atoms with E-state index in [2.05, 4.69) is 9.47 Å². The molecule has 0 aliphatic carbocycles. The molecule has 2 rings (SSSR count). The maximum Gasteiger partial charge on any atom is 0.387 e. The number of alkyl halides is 2. The quantitative estimate of drug-likeness (QED) is 0.487. The minimum absolute atomic E-state index is 0.302. The summed E-state index contributed by atoms with van der Waals surface area (Å²) in [7, 11) is 0. The summed E-state index contributed by atoms with van der Waals surface area (Å²) in [5.74, 6) is -6.53. The van der Waals surface area contributed by atoms with Crippen molar-refractivity contribution in [2.24, 2.45) is 0 Å². The average molecular weight is 318 g/mol. The van der Waals surface area contributed by atoms with E-state index in [1.807, 2.05) is 0 Å². The molecule has 22 heavy (non-hydrogen) atoms. The van der Waals surface area contributed by atoms with E-state index in [4.69, 9.17) is 0 Å². The molecule has 0 saturated carbocycles. The highest BCUT2D eigenvalue weighted by atomic mass is 19.3. The molecule has 8 heteroatoms. The SMILES string of the molecule is O=C(Oc1cccc(F)c1)c1c(F)ccc(OC(F)F)c1F. The number of benzene rings is 2. The van der Waals surface area contributed by atoms with Gasteiger partial charge in [0.1, 0.15) is 22.9 Å². The van der Waals surface area contributed by atoms with Gasteiger partial charge in [-0.25, -0.2) is 18.0 Å². The molecule has 0 spiro atoms. The number of esters is 1. The highest BCUT2D eigenvalue weighted by Crippen LogP contribution is 2.26. The third-order valence-electron chi connectivity index (χ3n) is 2.48. The van der Waals surface area contributed by atoms with E-state index in [1.54, 1.807) is 0 Å². The van der Waals surface area contributed by atoms with E-state index >= 15 is 0 Å². The van der Waals surface area contributed by atoms with Crippen LogP contribution in [-0.2, 0) is 0 Å². The first-order chi connectivity index (χ1) is 10.4. The van der Waals surface area contributed by atoms with Crippen LogP contribution in [0.2, 0.25) is 0 Å². The van der Waals surface area contributed by atoms with Gasteiger partial charge in [-0.1, -0.05) is 6.07 Å². The molecule has 0 amide bonds. The minimum atomic E-state index is -3.35. The zero-order valence-electron chi connectivity index (χ0n) is 10.7. The van der Waals surface area contributed by atoms with Crippen LogP contribution in [0.3, 0.4) is 0 Å². The first-order valence-electron chi connectivity index (χ1n) is 5.79. The summed E-state index contributed by atoms with van der Waals surface area (Å²) in [4.78, 5) is 11.7. The summed E-state index contributed by atoms with van der Waals surface area (Å²) < 4.78 is 72.9. The van der Waals surface area contributed by atoms with Crippen molar-refractivity contribution in [3.05, 3.63) is 59.4 Å². The second-order valence-electron chi connectivity index (χ2n) is 3.96. The molecule has 0 unspecified atom stereocenters. The van der Waals surface area contributed by atoms with Crippen LogP contribution < -0.4 is 9.47 Å². The lowest BCUT2D eigenvalue weighted by molar-refractivity contribution is -0.0523. The molecule has 3 nitrogen and oxygen atoms in total. The van der Waals surface area contributed by atoms with Gasteiger partial charge in [0.05, 0.1) is 0 Å². The predicted octanol–water partition coefficient (Wildman–Crippen LogP) is 3.92. The Morgan fingerprint density at radius 2 is 1.77 bits per heavy atom. The topological polar surface area (TPSA) is 35.5 Å². The fraction of sp³-hybridized carbons (Fsp3) is 0.0714. The van der Waals surface area contributed by atoms with Crippen LogP contribution in [0.25, 0.3) is 0 Å². The maximum absolute atomic E-state index is 13.9. The molecule has 0 N–H and O–H groups in total. The summed E-state index contributed by atoms with van der Waals surface area (Å²) in [5.41, 5.74) is -1.22. The summed E-state index contributed by atoms with van der Waals surface area (Å²) in [6, 6.07) is 5.44. The van der Waals surface area contributed by atoms with Gasteiger partial charge >= 0.3 is 12.6 Å². The largest absolute Gasteiger partial charge is 0.432 e. The number of carbonyl (C=O) groups excluding carboxylic acids is 1. The number of hydrogen-bond donors (Lipinski definition) is 0. The van der Waals surface area contributed by atoms with Gasteiger partial charge < -0.3 is 9.47 Å². The van der Waals surface area contributed by atoms with Crippen LogP contribution in [0.4, 0.5) is 22.0 Å². The van der Waals surface area contributed by atoms with Crippen molar-refractivity contribution in [1.82, 2.24) is 0 Å². The zero-order chi connectivity index (χ0) is 16.3. The first-order valence-corrected chi connectivity index (χ1v) is 5.79. The first kappa shape index (κ1) is 15.7. The minimum Gasteiger partial charge on any atom is -0.432 e. The number of carbonyl (C=O) groups is 1. The Morgan fingerprint density at radius 3 is 2.41 bits per heavy atom. The Hall–Kier alpha value is -2.64. The average Bonchev–Trinajstić information content (AvgIpc) is 2.42. The van der Waals surface area contributed by atoms with Crippen molar-refractivity contribution in [3.63, 3.8) is 0 Å². The zero-order valence-corrected chi connectivity index (χ0v) is 10.7. The number of halogens is 5. The van der Waals surface area contributed by atoms with E-state index in [0.29, 0.717) is 12.1 Å². The smallest absolute Gasteiger partial charge is 0.387 e. The van der Waals surface area contributed by atoms with Crippen LogP contribution >= 0.6 is 0 Å². The monoisotopic (exact) mass is 318 g/mol. The molecule has 0 fully saturated rings. The van der Waals surface area contributed by atoms with Crippen molar-refractivity contribution in [1.29, 1.82) is 0 Å². The Labute approximate surface area is 120 Å². The van der Waals surface area contributed by atoms with Crippen LogP contribution in [0, 0.1) is 17.5 Å². The van der Waals surface area contributed by atoms with Gasteiger partial charge in [0.15, 0.2) is 11.6 Å². The molecule has 0 heterocycles. The van der Waals surface area contributed by atoms with E-state index in [1.165, 1.54) is 12.1 Å². The molecule has 0 aromatic heterocycles. The normalized spacial score (nSPS) is 10.6. The molecular formula is C14H7F5O3. The second kappa shape index (κ2) is 6.42.